The highest BCUT2D eigenvalue weighted by Crippen LogP contribution is 2.57. The van der Waals surface area contributed by atoms with Crippen molar-refractivity contribution >= 4 is 5.91 Å². The molecule has 2 unspecified atom stereocenters. The first-order valence-corrected chi connectivity index (χ1v) is 6.06. The molecule has 1 N–H and O–H groups in total. The SMILES string of the molecule is C#CCCCCNC(=O)C1C2CCCC21. The number of carbonyl (C=O) groups excluding carboxylic acids is 1. The third kappa shape index (κ3) is 2.34. The molecule has 0 aliphatic heterocycles. The van der Waals surface area contributed by atoms with Crippen molar-refractivity contribution < 1.29 is 4.79 Å². The van der Waals surface area contributed by atoms with Gasteiger partial charge < -0.3 is 5.32 Å². The second-order valence-corrected chi connectivity index (χ2v) is 4.74. The van der Waals surface area contributed by atoms with Crippen LogP contribution < -0.4 is 5.32 Å². The summed E-state index contributed by atoms with van der Waals surface area (Å²) in [6, 6.07) is 0. The van der Waals surface area contributed by atoms with Crippen molar-refractivity contribution in [1.82, 2.24) is 5.32 Å². The number of carbonyl (C=O) groups is 1. The fourth-order valence-electron chi connectivity index (χ4n) is 2.89. The maximum Gasteiger partial charge on any atom is 0.223 e. The normalized spacial score (nSPS) is 31.8. The van der Waals surface area contributed by atoms with Gasteiger partial charge in [-0.15, -0.1) is 12.3 Å². The van der Waals surface area contributed by atoms with Crippen LogP contribution in [-0.2, 0) is 4.79 Å². The largest absolute Gasteiger partial charge is 0.356 e. The maximum absolute atomic E-state index is 11.7. The van der Waals surface area contributed by atoms with Crippen molar-refractivity contribution in [2.45, 2.75) is 38.5 Å². The molecule has 2 rings (SSSR count). The average molecular weight is 205 g/mol. The van der Waals surface area contributed by atoms with Crippen molar-refractivity contribution in [3.8, 4) is 12.3 Å². The minimum Gasteiger partial charge on any atom is -0.356 e. The predicted octanol–water partition coefficient (Wildman–Crippen LogP) is 1.95. The molecule has 0 heterocycles. The van der Waals surface area contributed by atoms with Crippen LogP contribution in [0, 0.1) is 30.1 Å². The standard InChI is InChI=1S/C13H19NO/c1-2-3-4-5-9-14-13(15)12-10-7-6-8-11(10)12/h1,10-12H,3-9H2,(H,14,15). The molecule has 0 spiro atoms. The molecule has 0 bridgehead atoms. The molecule has 2 aliphatic rings. The summed E-state index contributed by atoms with van der Waals surface area (Å²) in [4.78, 5) is 11.7. The Bertz CT molecular complexity index is 269. The second kappa shape index (κ2) is 4.70. The van der Waals surface area contributed by atoms with Crippen LogP contribution in [0.15, 0.2) is 0 Å². The number of hydrogen-bond acceptors (Lipinski definition) is 1. The van der Waals surface area contributed by atoms with Crippen molar-refractivity contribution in [2.75, 3.05) is 6.54 Å². The number of hydrogen-bond donors (Lipinski definition) is 1. The summed E-state index contributed by atoms with van der Waals surface area (Å²) in [5, 5.41) is 3.02. The third-order valence-corrected chi connectivity index (χ3v) is 3.76. The van der Waals surface area contributed by atoms with E-state index < -0.39 is 0 Å². The Hall–Kier alpha value is -0.970. The lowest BCUT2D eigenvalue weighted by Gasteiger charge is -2.05. The van der Waals surface area contributed by atoms with Gasteiger partial charge in [-0.3, -0.25) is 4.79 Å². The summed E-state index contributed by atoms with van der Waals surface area (Å²) in [5.74, 6) is 4.74. The Balaban J connectivity index is 1.57. The molecule has 2 atom stereocenters. The zero-order valence-corrected chi connectivity index (χ0v) is 9.17. The van der Waals surface area contributed by atoms with E-state index in [2.05, 4.69) is 11.2 Å². The molecule has 2 saturated carbocycles. The number of amides is 1. The minimum atomic E-state index is 0.297. The average Bonchev–Trinajstić information content (AvgIpc) is 2.72. The number of rotatable bonds is 5. The van der Waals surface area contributed by atoms with E-state index in [9.17, 15) is 4.79 Å². The van der Waals surface area contributed by atoms with Gasteiger partial charge in [-0.05, 0) is 37.5 Å². The highest BCUT2D eigenvalue weighted by Gasteiger charge is 2.56. The number of nitrogens with one attached hydrogen (secondary N) is 1. The van der Waals surface area contributed by atoms with Crippen LogP contribution in [0.5, 0.6) is 0 Å². The van der Waals surface area contributed by atoms with E-state index in [1.54, 1.807) is 0 Å². The first-order valence-electron chi connectivity index (χ1n) is 6.06. The summed E-state index contributed by atoms with van der Waals surface area (Å²) in [5.41, 5.74) is 0. The smallest absolute Gasteiger partial charge is 0.223 e. The zero-order chi connectivity index (χ0) is 10.7. The lowest BCUT2D eigenvalue weighted by molar-refractivity contribution is -0.123. The highest BCUT2D eigenvalue weighted by atomic mass is 16.2. The molecule has 0 aromatic rings. The van der Waals surface area contributed by atoms with Gasteiger partial charge in [0.15, 0.2) is 0 Å². The lowest BCUT2D eigenvalue weighted by Crippen LogP contribution is -2.27. The minimum absolute atomic E-state index is 0.297. The molecule has 2 nitrogen and oxygen atoms in total. The van der Waals surface area contributed by atoms with Crippen molar-refractivity contribution in [1.29, 1.82) is 0 Å². The Morgan fingerprint density at radius 1 is 1.33 bits per heavy atom. The molecule has 0 aromatic heterocycles. The van der Waals surface area contributed by atoms with Crippen LogP contribution in [0.1, 0.15) is 38.5 Å². The second-order valence-electron chi connectivity index (χ2n) is 4.74. The monoisotopic (exact) mass is 205 g/mol. The fraction of sp³-hybridized carbons (Fsp3) is 0.769. The molecular weight excluding hydrogens is 186 g/mol. The van der Waals surface area contributed by atoms with Crippen molar-refractivity contribution in [3.63, 3.8) is 0 Å². The number of terminal acetylenes is 1. The predicted molar refractivity (Wildman–Crippen MR) is 60.0 cm³/mol. The van der Waals surface area contributed by atoms with E-state index in [-0.39, 0.29) is 0 Å². The molecule has 82 valence electrons. The van der Waals surface area contributed by atoms with Gasteiger partial charge in [0.1, 0.15) is 0 Å². The Kier molecular flexibility index (Phi) is 3.30. The van der Waals surface area contributed by atoms with Crippen LogP contribution in [0.2, 0.25) is 0 Å². The van der Waals surface area contributed by atoms with E-state index in [4.69, 9.17) is 6.42 Å². The van der Waals surface area contributed by atoms with Gasteiger partial charge in [0.25, 0.3) is 0 Å². The lowest BCUT2D eigenvalue weighted by atomic mass is 10.1. The van der Waals surface area contributed by atoms with Gasteiger partial charge in [-0.25, -0.2) is 0 Å². The third-order valence-electron chi connectivity index (χ3n) is 3.76. The van der Waals surface area contributed by atoms with Gasteiger partial charge in [0.05, 0.1) is 0 Å². The molecule has 15 heavy (non-hydrogen) atoms. The van der Waals surface area contributed by atoms with E-state index in [0.29, 0.717) is 11.8 Å². The summed E-state index contributed by atoms with van der Waals surface area (Å²) < 4.78 is 0. The molecule has 1 amide bonds. The molecular formula is C13H19NO. The van der Waals surface area contributed by atoms with Crippen molar-refractivity contribution in [2.24, 2.45) is 17.8 Å². The summed E-state index contributed by atoms with van der Waals surface area (Å²) in [7, 11) is 0. The van der Waals surface area contributed by atoms with Crippen LogP contribution in [0.25, 0.3) is 0 Å². The van der Waals surface area contributed by atoms with Crippen LogP contribution in [0.4, 0.5) is 0 Å². The summed E-state index contributed by atoms with van der Waals surface area (Å²) in [6.07, 6.45) is 11.9. The van der Waals surface area contributed by atoms with Gasteiger partial charge in [-0.1, -0.05) is 6.42 Å². The Morgan fingerprint density at radius 2 is 2.07 bits per heavy atom. The van der Waals surface area contributed by atoms with Crippen LogP contribution in [0.3, 0.4) is 0 Å². The first-order chi connectivity index (χ1) is 7.34. The van der Waals surface area contributed by atoms with E-state index in [1.165, 1.54) is 19.3 Å². The van der Waals surface area contributed by atoms with Gasteiger partial charge in [0.2, 0.25) is 5.91 Å². The van der Waals surface area contributed by atoms with Crippen LogP contribution >= 0.6 is 0 Å². The van der Waals surface area contributed by atoms with Gasteiger partial charge in [0, 0.05) is 18.9 Å². The van der Waals surface area contributed by atoms with E-state index in [1.807, 2.05) is 0 Å². The van der Waals surface area contributed by atoms with Crippen molar-refractivity contribution in [3.05, 3.63) is 0 Å². The maximum atomic E-state index is 11.7. The van der Waals surface area contributed by atoms with E-state index in [0.717, 1.165) is 37.6 Å². The van der Waals surface area contributed by atoms with Gasteiger partial charge >= 0.3 is 0 Å². The summed E-state index contributed by atoms with van der Waals surface area (Å²) in [6.45, 7) is 0.802. The first kappa shape index (κ1) is 10.5. The number of fused-ring (bicyclic) bond motifs is 1. The number of unbranched alkanes of at least 4 members (excludes halogenated alkanes) is 2. The molecule has 2 fully saturated rings. The zero-order valence-electron chi connectivity index (χ0n) is 9.17. The van der Waals surface area contributed by atoms with Crippen LogP contribution in [-0.4, -0.2) is 12.5 Å². The quantitative estimate of drug-likeness (QED) is 0.539. The topological polar surface area (TPSA) is 29.1 Å². The highest BCUT2D eigenvalue weighted by molar-refractivity contribution is 5.82. The summed E-state index contributed by atoms with van der Waals surface area (Å²) >= 11 is 0. The molecule has 0 radical (unpaired) electrons. The Morgan fingerprint density at radius 3 is 2.73 bits per heavy atom. The Labute approximate surface area is 91.8 Å². The van der Waals surface area contributed by atoms with Gasteiger partial charge in [-0.2, -0.15) is 0 Å². The molecule has 0 aromatic carbocycles. The molecule has 0 saturated heterocycles. The van der Waals surface area contributed by atoms with E-state index >= 15 is 0 Å². The fourth-order valence-corrected chi connectivity index (χ4v) is 2.89. The molecule has 2 aliphatic carbocycles. The molecule has 2 heteroatoms.